The fourth-order valence-electron chi connectivity index (χ4n) is 4.72. The topological polar surface area (TPSA) is 117 Å². The van der Waals surface area contributed by atoms with Crippen LogP contribution in [0.1, 0.15) is 53.4 Å². The molecule has 188 valence electrons. The van der Waals surface area contributed by atoms with Gasteiger partial charge in [-0.2, -0.15) is 0 Å². The molecule has 3 N–H and O–H groups in total. The first-order chi connectivity index (χ1) is 18.0. The van der Waals surface area contributed by atoms with E-state index in [1.54, 1.807) is 0 Å². The lowest BCUT2D eigenvalue weighted by Crippen LogP contribution is -2.20. The monoisotopic (exact) mass is 496 g/mol. The van der Waals surface area contributed by atoms with Crippen molar-refractivity contribution < 1.29 is 19.1 Å². The van der Waals surface area contributed by atoms with E-state index in [0.29, 0.717) is 18.8 Å². The maximum Gasteiger partial charge on any atom is 0.320 e. The average Bonchev–Trinajstić information content (AvgIpc) is 3.39. The largest absolute Gasteiger partial charge is 0.481 e. The van der Waals surface area contributed by atoms with Crippen LogP contribution in [0.4, 0.5) is 23.1 Å². The van der Waals surface area contributed by atoms with E-state index in [2.05, 4.69) is 20.8 Å². The molecule has 0 radical (unpaired) electrons. The predicted molar refractivity (Wildman–Crippen MR) is 141 cm³/mol. The molecule has 1 fully saturated rings. The van der Waals surface area contributed by atoms with E-state index in [0.717, 1.165) is 35.5 Å². The first-order valence-corrected chi connectivity index (χ1v) is 12.4. The molecule has 0 unspecified atom stereocenters. The summed E-state index contributed by atoms with van der Waals surface area (Å²) in [5.74, 6) is -0.852. The van der Waals surface area contributed by atoms with Crippen molar-refractivity contribution in [1.82, 2.24) is 10.2 Å². The molecule has 1 aliphatic carbocycles. The lowest BCUT2D eigenvalue weighted by atomic mass is 9.78. The minimum absolute atomic E-state index is 0.0443. The molecule has 1 saturated carbocycles. The molecule has 3 aromatic carbocycles. The van der Waals surface area contributed by atoms with Gasteiger partial charge in [-0.05, 0) is 73.1 Å². The van der Waals surface area contributed by atoms with Crippen LogP contribution < -0.4 is 10.6 Å². The number of carboxylic acid groups (broad SMARTS) is 1. The van der Waals surface area contributed by atoms with Gasteiger partial charge in [0.1, 0.15) is 0 Å². The Morgan fingerprint density at radius 1 is 0.811 bits per heavy atom. The second-order valence-electron chi connectivity index (χ2n) is 9.34. The van der Waals surface area contributed by atoms with Crippen LogP contribution in [0.3, 0.4) is 0 Å². The van der Waals surface area contributed by atoms with Crippen molar-refractivity contribution in [3.05, 3.63) is 95.9 Å². The van der Waals surface area contributed by atoms with E-state index >= 15 is 0 Å². The number of ketones is 1. The van der Waals surface area contributed by atoms with Gasteiger partial charge in [0.25, 0.3) is 5.89 Å². The Morgan fingerprint density at radius 2 is 1.49 bits per heavy atom. The second-order valence-corrected chi connectivity index (χ2v) is 9.34. The number of aliphatic carboxylic acids is 1. The number of carboxylic acids is 1. The number of Topliss-reactive ketones (excluding diaryl/α,β-unsaturated/α-hetero) is 1. The number of carbonyl (C=O) groups is 2. The molecule has 8 heteroatoms. The third-order valence-corrected chi connectivity index (χ3v) is 6.73. The number of para-hydroxylation sites is 1. The van der Waals surface area contributed by atoms with E-state index in [-0.39, 0.29) is 30.0 Å². The van der Waals surface area contributed by atoms with Crippen molar-refractivity contribution in [2.75, 3.05) is 10.6 Å². The van der Waals surface area contributed by atoms with E-state index < -0.39 is 5.97 Å². The van der Waals surface area contributed by atoms with Crippen LogP contribution in [0.15, 0.2) is 83.3 Å². The smallest absolute Gasteiger partial charge is 0.320 e. The fraction of sp³-hybridized carbons (Fsp3) is 0.241. The van der Waals surface area contributed by atoms with Crippen LogP contribution in [-0.4, -0.2) is 27.1 Å². The molecule has 5 rings (SSSR count). The molecular weight excluding hydrogens is 468 g/mol. The Labute approximate surface area is 214 Å². The highest BCUT2D eigenvalue weighted by molar-refractivity contribution is 5.93. The second kappa shape index (κ2) is 11.1. The number of carbonyl (C=O) groups excluding carboxylic acids is 1. The third-order valence-electron chi connectivity index (χ3n) is 6.73. The van der Waals surface area contributed by atoms with Gasteiger partial charge in [0.2, 0.25) is 5.78 Å². The SMILES string of the molecule is O=C(Cc1ccc(C2CCC(C(=O)O)CC2)cc1)c1nnc(Nc2cccc(Nc3ccccc3)c2)o1. The van der Waals surface area contributed by atoms with Crippen molar-refractivity contribution in [1.29, 1.82) is 0 Å². The van der Waals surface area contributed by atoms with Crippen LogP contribution in [0.2, 0.25) is 0 Å². The average molecular weight is 497 g/mol. The van der Waals surface area contributed by atoms with Crippen LogP contribution in [0, 0.1) is 5.92 Å². The van der Waals surface area contributed by atoms with Crippen LogP contribution >= 0.6 is 0 Å². The lowest BCUT2D eigenvalue weighted by Gasteiger charge is -2.26. The number of nitrogens with one attached hydrogen (secondary N) is 2. The zero-order chi connectivity index (χ0) is 25.6. The molecular formula is C29H28N4O4. The van der Waals surface area contributed by atoms with Gasteiger partial charge in [0.05, 0.1) is 5.92 Å². The quantitative estimate of drug-likeness (QED) is 0.230. The number of anilines is 4. The molecule has 0 aliphatic heterocycles. The molecule has 37 heavy (non-hydrogen) atoms. The van der Waals surface area contributed by atoms with Gasteiger partial charge in [-0.25, -0.2) is 0 Å². The van der Waals surface area contributed by atoms with Gasteiger partial charge in [0.15, 0.2) is 0 Å². The van der Waals surface area contributed by atoms with Gasteiger partial charge in [-0.1, -0.05) is 53.6 Å². The van der Waals surface area contributed by atoms with E-state index in [4.69, 9.17) is 4.42 Å². The van der Waals surface area contributed by atoms with Crippen molar-refractivity contribution in [2.45, 2.75) is 38.0 Å². The van der Waals surface area contributed by atoms with Crippen molar-refractivity contribution in [3.8, 4) is 0 Å². The number of benzene rings is 3. The summed E-state index contributed by atoms with van der Waals surface area (Å²) in [6.07, 6.45) is 3.32. The Bertz CT molecular complexity index is 1360. The van der Waals surface area contributed by atoms with E-state index in [1.165, 1.54) is 5.56 Å². The molecule has 0 bridgehead atoms. The summed E-state index contributed by atoms with van der Waals surface area (Å²) in [6.45, 7) is 0. The molecule has 0 amide bonds. The summed E-state index contributed by atoms with van der Waals surface area (Å²) in [5.41, 5.74) is 4.67. The van der Waals surface area contributed by atoms with Gasteiger partial charge in [-0.15, -0.1) is 5.10 Å². The Morgan fingerprint density at radius 3 is 2.19 bits per heavy atom. The summed E-state index contributed by atoms with van der Waals surface area (Å²) in [6, 6.07) is 25.6. The summed E-state index contributed by atoms with van der Waals surface area (Å²) >= 11 is 0. The molecule has 1 heterocycles. The van der Waals surface area contributed by atoms with Crippen molar-refractivity contribution in [2.24, 2.45) is 5.92 Å². The summed E-state index contributed by atoms with van der Waals surface area (Å²) < 4.78 is 5.58. The highest BCUT2D eigenvalue weighted by Gasteiger charge is 2.26. The van der Waals surface area contributed by atoms with Gasteiger partial charge >= 0.3 is 12.0 Å². The predicted octanol–water partition coefficient (Wildman–Crippen LogP) is 6.34. The van der Waals surface area contributed by atoms with Crippen molar-refractivity contribution in [3.63, 3.8) is 0 Å². The summed E-state index contributed by atoms with van der Waals surface area (Å²) in [4.78, 5) is 23.9. The maximum absolute atomic E-state index is 12.7. The highest BCUT2D eigenvalue weighted by atomic mass is 16.4. The lowest BCUT2D eigenvalue weighted by molar-refractivity contribution is -0.142. The molecule has 0 atom stereocenters. The fourth-order valence-corrected chi connectivity index (χ4v) is 4.72. The first kappa shape index (κ1) is 24.2. The minimum Gasteiger partial charge on any atom is -0.481 e. The normalized spacial score (nSPS) is 17.2. The molecule has 1 aromatic heterocycles. The van der Waals surface area contributed by atoms with Crippen molar-refractivity contribution >= 4 is 34.8 Å². The maximum atomic E-state index is 12.7. The van der Waals surface area contributed by atoms with E-state index in [9.17, 15) is 14.7 Å². The Hall–Kier alpha value is -4.46. The van der Waals surface area contributed by atoms with Gasteiger partial charge < -0.3 is 20.2 Å². The molecule has 4 aromatic rings. The number of hydrogen-bond acceptors (Lipinski definition) is 7. The van der Waals surface area contributed by atoms with Crippen LogP contribution in [-0.2, 0) is 11.2 Å². The summed E-state index contributed by atoms with van der Waals surface area (Å²) in [5, 5.41) is 23.5. The molecule has 8 nitrogen and oxygen atoms in total. The standard InChI is InChI=1S/C29H28N4O4/c34-26(17-19-9-11-20(12-10-19)21-13-15-22(16-14-21)28(35)36)27-32-33-29(37-27)31-25-8-4-7-24(18-25)30-23-5-2-1-3-6-23/h1-12,18,21-22,30H,13-17H2,(H,31,33)(H,35,36). The number of rotatable bonds is 9. The summed E-state index contributed by atoms with van der Waals surface area (Å²) in [7, 11) is 0. The minimum atomic E-state index is -0.694. The van der Waals surface area contributed by atoms with Gasteiger partial charge in [-0.3, -0.25) is 9.59 Å². The van der Waals surface area contributed by atoms with Crippen LogP contribution in [0.5, 0.6) is 0 Å². The molecule has 0 saturated heterocycles. The van der Waals surface area contributed by atoms with E-state index in [1.807, 2.05) is 78.9 Å². The first-order valence-electron chi connectivity index (χ1n) is 12.4. The molecule has 0 spiro atoms. The highest BCUT2D eigenvalue weighted by Crippen LogP contribution is 2.36. The zero-order valence-corrected chi connectivity index (χ0v) is 20.3. The molecule has 1 aliphatic rings. The number of nitrogens with zero attached hydrogens (tertiary/aromatic N) is 2. The number of hydrogen-bond donors (Lipinski definition) is 3. The number of aromatic nitrogens is 2. The van der Waals surface area contributed by atoms with Crippen LogP contribution in [0.25, 0.3) is 0 Å². The Balaban J connectivity index is 1.16. The zero-order valence-electron chi connectivity index (χ0n) is 20.3. The Kier molecular flexibility index (Phi) is 7.26. The third kappa shape index (κ3) is 6.22. The van der Waals surface area contributed by atoms with Gasteiger partial charge in [0, 0.05) is 23.5 Å².